The summed E-state index contributed by atoms with van der Waals surface area (Å²) >= 11 is 0. The zero-order valence-corrected chi connectivity index (χ0v) is 5.96. The van der Waals surface area contributed by atoms with Crippen molar-refractivity contribution in [1.82, 2.24) is 9.88 Å². The maximum atomic E-state index is 3.34. The zero-order valence-electron chi connectivity index (χ0n) is 5.96. The monoisotopic (exact) mass is 136 g/mol. The largest absolute Gasteiger partial charge is 0.350 e. The molecule has 1 aromatic heterocycles. The van der Waals surface area contributed by atoms with Crippen LogP contribution in [0.4, 0.5) is 0 Å². The number of nitrogens with zero attached hydrogens (tertiary/aromatic N) is 1. The Balaban J connectivity index is 2.12. The molecular weight excluding hydrogens is 124 g/mol. The van der Waals surface area contributed by atoms with E-state index in [2.05, 4.69) is 34.4 Å². The van der Waals surface area contributed by atoms with Gasteiger partial charge in [-0.05, 0) is 25.1 Å². The fraction of sp³-hybridized carbons (Fsp3) is 0.500. The van der Waals surface area contributed by atoms with Crippen LogP contribution in [0.2, 0.25) is 0 Å². The summed E-state index contributed by atoms with van der Waals surface area (Å²) < 4.78 is 2.28. The van der Waals surface area contributed by atoms with Gasteiger partial charge in [0.15, 0.2) is 0 Å². The summed E-state index contributed by atoms with van der Waals surface area (Å²) in [5, 5.41) is 3.34. The minimum atomic E-state index is 0.704. The second-order valence-electron chi connectivity index (χ2n) is 2.78. The minimum Gasteiger partial charge on any atom is -0.350 e. The molecule has 1 fully saturated rings. The first-order chi connectivity index (χ1) is 4.97. The molecule has 0 saturated carbocycles. The van der Waals surface area contributed by atoms with Crippen molar-refractivity contribution in [2.45, 2.75) is 12.5 Å². The van der Waals surface area contributed by atoms with E-state index in [1.54, 1.807) is 0 Å². The smallest absolute Gasteiger partial charge is 0.0467 e. The van der Waals surface area contributed by atoms with Crippen LogP contribution in [0, 0.1) is 0 Å². The normalized spacial score (nSPS) is 25.4. The van der Waals surface area contributed by atoms with Gasteiger partial charge in [0.1, 0.15) is 0 Å². The van der Waals surface area contributed by atoms with Crippen LogP contribution in [0.1, 0.15) is 12.5 Å². The lowest BCUT2D eigenvalue weighted by molar-refractivity contribution is 0.550. The summed E-state index contributed by atoms with van der Waals surface area (Å²) in [6.07, 6.45) is 5.55. The van der Waals surface area contributed by atoms with E-state index in [1.807, 2.05) is 0 Å². The SMILES string of the molecule is c1ccn(C2CCNC2)c1. The van der Waals surface area contributed by atoms with Gasteiger partial charge in [0.2, 0.25) is 0 Å². The fourth-order valence-electron chi connectivity index (χ4n) is 1.49. The molecule has 1 unspecified atom stereocenters. The molecule has 0 bridgehead atoms. The molecule has 1 aliphatic rings. The van der Waals surface area contributed by atoms with Crippen molar-refractivity contribution in [2.24, 2.45) is 0 Å². The van der Waals surface area contributed by atoms with Crippen molar-refractivity contribution >= 4 is 0 Å². The van der Waals surface area contributed by atoms with E-state index in [0.29, 0.717) is 6.04 Å². The molecule has 1 aliphatic heterocycles. The summed E-state index contributed by atoms with van der Waals surface area (Å²) in [7, 11) is 0. The van der Waals surface area contributed by atoms with Gasteiger partial charge >= 0.3 is 0 Å². The number of hydrogen-bond acceptors (Lipinski definition) is 1. The highest BCUT2D eigenvalue weighted by Crippen LogP contribution is 2.13. The molecule has 1 aromatic rings. The van der Waals surface area contributed by atoms with E-state index in [-0.39, 0.29) is 0 Å². The lowest BCUT2D eigenvalue weighted by Gasteiger charge is -2.08. The molecule has 2 heterocycles. The summed E-state index contributed by atoms with van der Waals surface area (Å²) in [5.41, 5.74) is 0. The number of aromatic nitrogens is 1. The van der Waals surface area contributed by atoms with E-state index in [0.717, 1.165) is 6.54 Å². The Morgan fingerprint density at radius 1 is 1.30 bits per heavy atom. The Morgan fingerprint density at radius 3 is 2.70 bits per heavy atom. The Labute approximate surface area is 60.9 Å². The predicted molar refractivity (Wildman–Crippen MR) is 41.0 cm³/mol. The van der Waals surface area contributed by atoms with Gasteiger partial charge in [0.25, 0.3) is 0 Å². The van der Waals surface area contributed by atoms with Gasteiger partial charge in [0, 0.05) is 25.0 Å². The van der Waals surface area contributed by atoms with Crippen molar-refractivity contribution in [3.05, 3.63) is 24.5 Å². The highest BCUT2D eigenvalue weighted by Gasteiger charge is 2.13. The predicted octanol–water partition coefficient (Wildman–Crippen LogP) is 1.02. The van der Waals surface area contributed by atoms with E-state index < -0.39 is 0 Å². The quantitative estimate of drug-likeness (QED) is 0.610. The van der Waals surface area contributed by atoms with Gasteiger partial charge in [-0.2, -0.15) is 0 Å². The number of nitrogens with one attached hydrogen (secondary N) is 1. The van der Waals surface area contributed by atoms with Gasteiger partial charge in [-0.1, -0.05) is 0 Å². The van der Waals surface area contributed by atoms with E-state index >= 15 is 0 Å². The first-order valence-corrected chi connectivity index (χ1v) is 3.80. The first kappa shape index (κ1) is 5.98. The van der Waals surface area contributed by atoms with Crippen LogP contribution in [-0.2, 0) is 0 Å². The molecule has 0 amide bonds. The van der Waals surface area contributed by atoms with Crippen LogP contribution >= 0.6 is 0 Å². The van der Waals surface area contributed by atoms with E-state index in [4.69, 9.17) is 0 Å². The summed E-state index contributed by atoms with van der Waals surface area (Å²) in [6.45, 7) is 2.30. The third-order valence-corrected chi connectivity index (χ3v) is 2.08. The van der Waals surface area contributed by atoms with Crippen LogP contribution in [0.5, 0.6) is 0 Å². The lowest BCUT2D eigenvalue weighted by atomic mass is 10.3. The highest BCUT2D eigenvalue weighted by molar-refractivity contribution is 4.94. The summed E-state index contributed by atoms with van der Waals surface area (Å²) in [4.78, 5) is 0. The molecular formula is C8H12N2. The van der Waals surface area contributed by atoms with Crippen molar-refractivity contribution in [3.63, 3.8) is 0 Å². The summed E-state index contributed by atoms with van der Waals surface area (Å²) in [5.74, 6) is 0. The molecule has 0 radical (unpaired) electrons. The molecule has 1 N–H and O–H groups in total. The third kappa shape index (κ3) is 0.948. The molecule has 2 nitrogen and oxygen atoms in total. The maximum absolute atomic E-state index is 3.34. The Morgan fingerprint density at radius 2 is 2.10 bits per heavy atom. The highest BCUT2D eigenvalue weighted by atomic mass is 15.1. The maximum Gasteiger partial charge on any atom is 0.0467 e. The fourth-order valence-corrected chi connectivity index (χ4v) is 1.49. The number of hydrogen-bond donors (Lipinski definition) is 1. The second-order valence-corrected chi connectivity index (χ2v) is 2.78. The van der Waals surface area contributed by atoms with Crippen LogP contribution < -0.4 is 5.32 Å². The van der Waals surface area contributed by atoms with Crippen LogP contribution in [-0.4, -0.2) is 17.7 Å². The molecule has 1 atom stereocenters. The van der Waals surface area contributed by atoms with Crippen molar-refractivity contribution in [3.8, 4) is 0 Å². The molecule has 1 saturated heterocycles. The topological polar surface area (TPSA) is 17.0 Å². The van der Waals surface area contributed by atoms with Crippen LogP contribution in [0.15, 0.2) is 24.5 Å². The Hall–Kier alpha value is -0.760. The van der Waals surface area contributed by atoms with Gasteiger partial charge in [-0.3, -0.25) is 0 Å². The molecule has 10 heavy (non-hydrogen) atoms. The van der Waals surface area contributed by atoms with Gasteiger partial charge in [-0.25, -0.2) is 0 Å². The van der Waals surface area contributed by atoms with E-state index in [9.17, 15) is 0 Å². The molecule has 0 aliphatic carbocycles. The average Bonchev–Trinajstić information content (AvgIpc) is 2.59. The van der Waals surface area contributed by atoms with Crippen molar-refractivity contribution < 1.29 is 0 Å². The minimum absolute atomic E-state index is 0.704. The number of rotatable bonds is 1. The second kappa shape index (κ2) is 2.46. The van der Waals surface area contributed by atoms with Crippen molar-refractivity contribution in [1.29, 1.82) is 0 Å². The van der Waals surface area contributed by atoms with Gasteiger partial charge in [-0.15, -0.1) is 0 Å². The van der Waals surface area contributed by atoms with Crippen molar-refractivity contribution in [2.75, 3.05) is 13.1 Å². The molecule has 54 valence electrons. The van der Waals surface area contributed by atoms with Gasteiger partial charge < -0.3 is 9.88 Å². The zero-order chi connectivity index (χ0) is 6.81. The Kier molecular flexibility index (Phi) is 1.47. The van der Waals surface area contributed by atoms with Crippen LogP contribution in [0.25, 0.3) is 0 Å². The van der Waals surface area contributed by atoms with E-state index in [1.165, 1.54) is 13.0 Å². The Bertz CT molecular complexity index is 185. The molecule has 2 rings (SSSR count). The first-order valence-electron chi connectivity index (χ1n) is 3.80. The van der Waals surface area contributed by atoms with Crippen LogP contribution in [0.3, 0.4) is 0 Å². The standard InChI is InChI=1S/C8H12N2/c1-2-6-10(5-1)8-3-4-9-7-8/h1-2,5-6,8-9H,3-4,7H2. The molecule has 0 aromatic carbocycles. The molecule has 0 spiro atoms. The average molecular weight is 136 g/mol. The summed E-state index contributed by atoms with van der Waals surface area (Å²) in [6, 6.07) is 4.87. The van der Waals surface area contributed by atoms with Gasteiger partial charge in [0.05, 0.1) is 0 Å². The molecule has 2 heteroatoms. The lowest BCUT2D eigenvalue weighted by Crippen LogP contribution is -2.11. The third-order valence-electron chi connectivity index (χ3n) is 2.08.